The molecule has 98 valence electrons. The van der Waals surface area contributed by atoms with Gasteiger partial charge in [0.15, 0.2) is 0 Å². The number of hydrogen-bond donors (Lipinski definition) is 0. The summed E-state index contributed by atoms with van der Waals surface area (Å²) in [6.45, 7) is 10.4. The number of fused-ring (bicyclic) bond motifs is 1. The van der Waals surface area contributed by atoms with Crippen molar-refractivity contribution in [2.45, 2.75) is 77.1 Å². The SMILES string of the molecule is CC1(C)CCC[C@]2(C)O[C@](C)(C3CO3)CC[C@H]12. The first-order valence-electron chi connectivity index (χ1n) is 7.18. The second kappa shape index (κ2) is 3.48. The Bertz CT molecular complexity index is 321. The first kappa shape index (κ1) is 12.0. The van der Waals surface area contributed by atoms with Gasteiger partial charge in [0.2, 0.25) is 0 Å². The Morgan fingerprint density at radius 1 is 0.941 bits per heavy atom. The van der Waals surface area contributed by atoms with Crippen molar-refractivity contribution in [2.75, 3.05) is 6.61 Å². The zero-order chi connectivity index (χ0) is 12.3. The number of ether oxygens (including phenoxy) is 2. The lowest BCUT2D eigenvalue weighted by Crippen LogP contribution is -2.58. The largest absolute Gasteiger partial charge is 0.370 e. The Morgan fingerprint density at radius 2 is 1.65 bits per heavy atom. The van der Waals surface area contributed by atoms with E-state index in [2.05, 4.69) is 27.7 Å². The van der Waals surface area contributed by atoms with E-state index in [1.165, 1.54) is 32.1 Å². The molecule has 2 saturated heterocycles. The van der Waals surface area contributed by atoms with Crippen LogP contribution in [0.2, 0.25) is 0 Å². The minimum Gasteiger partial charge on any atom is -0.370 e. The van der Waals surface area contributed by atoms with Crippen molar-refractivity contribution in [3.8, 4) is 0 Å². The van der Waals surface area contributed by atoms with Gasteiger partial charge in [-0.25, -0.2) is 0 Å². The van der Waals surface area contributed by atoms with E-state index in [1.54, 1.807) is 0 Å². The summed E-state index contributed by atoms with van der Waals surface area (Å²) in [5.41, 5.74) is 0.512. The van der Waals surface area contributed by atoms with Crippen molar-refractivity contribution in [2.24, 2.45) is 11.3 Å². The van der Waals surface area contributed by atoms with Crippen molar-refractivity contribution in [3.63, 3.8) is 0 Å². The molecule has 0 N–H and O–H groups in total. The van der Waals surface area contributed by atoms with Crippen LogP contribution >= 0.6 is 0 Å². The van der Waals surface area contributed by atoms with Crippen molar-refractivity contribution in [3.05, 3.63) is 0 Å². The summed E-state index contributed by atoms with van der Waals surface area (Å²) in [4.78, 5) is 0. The molecule has 1 unspecified atom stereocenters. The first-order valence-corrected chi connectivity index (χ1v) is 7.18. The quantitative estimate of drug-likeness (QED) is 0.652. The molecule has 17 heavy (non-hydrogen) atoms. The van der Waals surface area contributed by atoms with Crippen molar-refractivity contribution in [1.29, 1.82) is 0 Å². The van der Waals surface area contributed by atoms with Crippen LogP contribution in [-0.4, -0.2) is 23.9 Å². The fraction of sp³-hybridized carbons (Fsp3) is 1.00. The van der Waals surface area contributed by atoms with E-state index >= 15 is 0 Å². The van der Waals surface area contributed by atoms with Crippen LogP contribution in [0.4, 0.5) is 0 Å². The van der Waals surface area contributed by atoms with Gasteiger partial charge in [-0.2, -0.15) is 0 Å². The monoisotopic (exact) mass is 238 g/mol. The Hall–Kier alpha value is -0.0800. The number of hydrogen-bond acceptors (Lipinski definition) is 2. The molecule has 0 aromatic rings. The highest BCUT2D eigenvalue weighted by molar-refractivity contribution is 5.06. The van der Waals surface area contributed by atoms with Crippen LogP contribution in [-0.2, 0) is 9.47 Å². The fourth-order valence-corrected chi connectivity index (χ4v) is 4.53. The van der Waals surface area contributed by atoms with Crippen molar-refractivity contribution < 1.29 is 9.47 Å². The number of rotatable bonds is 1. The predicted octanol–water partition coefficient (Wildman–Crippen LogP) is 3.54. The van der Waals surface area contributed by atoms with Gasteiger partial charge in [-0.3, -0.25) is 0 Å². The van der Waals surface area contributed by atoms with Gasteiger partial charge < -0.3 is 9.47 Å². The van der Waals surface area contributed by atoms with E-state index in [0.717, 1.165) is 12.5 Å². The van der Waals surface area contributed by atoms with Gasteiger partial charge in [-0.1, -0.05) is 20.3 Å². The normalized spacial score (nSPS) is 52.9. The second-order valence-corrected chi connectivity index (χ2v) is 7.48. The van der Waals surface area contributed by atoms with Crippen LogP contribution in [0, 0.1) is 11.3 Å². The Morgan fingerprint density at radius 3 is 2.29 bits per heavy atom. The minimum atomic E-state index is -0.0152. The Balaban J connectivity index is 1.84. The van der Waals surface area contributed by atoms with E-state index in [1.807, 2.05) is 0 Å². The van der Waals surface area contributed by atoms with Gasteiger partial charge in [0.25, 0.3) is 0 Å². The molecule has 2 aliphatic heterocycles. The zero-order valence-electron chi connectivity index (χ0n) is 11.7. The topological polar surface area (TPSA) is 21.8 Å². The average molecular weight is 238 g/mol. The summed E-state index contributed by atoms with van der Waals surface area (Å²) in [6.07, 6.45) is 6.73. The highest BCUT2D eigenvalue weighted by atomic mass is 16.6. The molecule has 0 aromatic heterocycles. The van der Waals surface area contributed by atoms with E-state index in [0.29, 0.717) is 11.5 Å². The molecule has 2 heterocycles. The lowest BCUT2D eigenvalue weighted by atomic mass is 9.58. The molecule has 3 fully saturated rings. The maximum atomic E-state index is 6.60. The van der Waals surface area contributed by atoms with Gasteiger partial charge in [0, 0.05) is 0 Å². The molecule has 0 bridgehead atoms. The third-order valence-electron chi connectivity index (χ3n) is 5.58. The lowest BCUT2D eigenvalue weighted by molar-refractivity contribution is -0.243. The number of epoxide rings is 1. The Labute approximate surface area is 105 Å². The third-order valence-corrected chi connectivity index (χ3v) is 5.58. The van der Waals surface area contributed by atoms with Crippen molar-refractivity contribution >= 4 is 0 Å². The van der Waals surface area contributed by atoms with Gasteiger partial charge in [-0.05, 0) is 50.9 Å². The van der Waals surface area contributed by atoms with Gasteiger partial charge >= 0.3 is 0 Å². The summed E-state index contributed by atoms with van der Waals surface area (Å²) in [5.74, 6) is 0.718. The average Bonchev–Trinajstić information content (AvgIpc) is 2.97. The summed E-state index contributed by atoms with van der Waals surface area (Å²) >= 11 is 0. The maximum Gasteiger partial charge on any atom is 0.110 e. The van der Waals surface area contributed by atoms with Crippen LogP contribution in [0.3, 0.4) is 0 Å². The van der Waals surface area contributed by atoms with Crippen molar-refractivity contribution in [1.82, 2.24) is 0 Å². The molecule has 0 spiro atoms. The van der Waals surface area contributed by atoms with E-state index in [4.69, 9.17) is 9.47 Å². The molecule has 2 heteroatoms. The molecule has 4 atom stereocenters. The molecule has 1 saturated carbocycles. The highest BCUT2D eigenvalue weighted by Crippen LogP contribution is 2.56. The van der Waals surface area contributed by atoms with Crippen LogP contribution in [0.5, 0.6) is 0 Å². The van der Waals surface area contributed by atoms with Crippen LogP contribution < -0.4 is 0 Å². The maximum absolute atomic E-state index is 6.60. The molecule has 0 amide bonds. The van der Waals surface area contributed by atoms with Crippen LogP contribution in [0.25, 0.3) is 0 Å². The highest BCUT2D eigenvalue weighted by Gasteiger charge is 2.57. The smallest absolute Gasteiger partial charge is 0.110 e. The van der Waals surface area contributed by atoms with E-state index < -0.39 is 0 Å². The fourth-order valence-electron chi connectivity index (χ4n) is 4.53. The molecule has 2 nitrogen and oxygen atoms in total. The van der Waals surface area contributed by atoms with E-state index in [-0.39, 0.29) is 11.2 Å². The van der Waals surface area contributed by atoms with Crippen LogP contribution in [0.1, 0.15) is 59.8 Å². The van der Waals surface area contributed by atoms with E-state index in [9.17, 15) is 0 Å². The molecule has 3 rings (SSSR count). The molecule has 0 radical (unpaired) electrons. The Kier molecular flexibility index (Phi) is 2.45. The summed E-state index contributed by atoms with van der Waals surface area (Å²) in [5, 5.41) is 0. The predicted molar refractivity (Wildman–Crippen MR) is 68.0 cm³/mol. The third kappa shape index (κ3) is 1.84. The summed E-state index contributed by atoms with van der Waals surface area (Å²) in [7, 11) is 0. The summed E-state index contributed by atoms with van der Waals surface area (Å²) < 4.78 is 12.1. The molecule has 0 aromatic carbocycles. The molecular weight excluding hydrogens is 212 g/mol. The molecular formula is C15H26O2. The minimum absolute atomic E-state index is 0.0152. The van der Waals surface area contributed by atoms with Gasteiger partial charge in [-0.15, -0.1) is 0 Å². The van der Waals surface area contributed by atoms with Gasteiger partial charge in [0.05, 0.1) is 17.8 Å². The first-order chi connectivity index (χ1) is 7.86. The summed E-state index contributed by atoms with van der Waals surface area (Å²) in [6, 6.07) is 0. The molecule has 1 aliphatic carbocycles. The molecule has 3 aliphatic rings. The van der Waals surface area contributed by atoms with Gasteiger partial charge in [0.1, 0.15) is 6.10 Å². The standard InChI is InChI=1S/C15H26O2/c1-13(2)7-5-8-14(3)11(13)6-9-15(4,17-14)12-10-16-12/h11-12H,5-10H2,1-4H3/t11-,12?,14+,15+/m1/s1. The van der Waals surface area contributed by atoms with Crippen LogP contribution in [0.15, 0.2) is 0 Å². The zero-order valence-corrected chi connectivity index (χ0v) is 11.7. The second-order valence-electron chi connectivity index (χ2n) is 7.48. The lowest BCUT2D eigenvalue weighted by Gasteiger charge is -2.57.